The Labute approximate surface area is 190 Å². The number of anilines is 1. The van der Waals surface area contributed by atoms with Crippen LogP contribution in [0.5, 0.6) is 5.75 Å². The van der Waals surface area contributed by atoms with Crippen molar-refractivity contribution in [1.29, 1.82) is 0 Å². The molecule has 1 amide bonds. The Hall–Kier alpha value is -3.51. The maximum absolute atomic E-state index is 13.1. The third-order valence-corrected chi connectivity index (χ3v) is 5.52. The molecule has 2 aromatic carbocycles. The zero-order valence-electron chi connectivity index (χ0n) is 17.7. The van der Waals surface area contributed by atoms with E-state index >= 15 is 0 Å². The van der Waals surface area contributed by atoms with Crippen molar-refractivity contribution in [3.63, 3.8) is 0 Å². The molecular formula is C25H22ClNO5. The van der Waals surface area contributed by atoms with Crippen LogP contribution in [0.4, 0.5) is 5.69 Å². The molecule has 1 aromatic heterocycles. The highest BCUT2D eigenvalue weighted by Crippen LogP contribution is 2.43. The molecule has 7 heteroatoms. The molecule has 1 fully saturated rings. The minimum atomic E-state index is -0.932. The number of benzene rings is 2. The van der Waals surface area contributed by atoms with Crippen LogP contribution in [0.2, 0.25) is 5.02 Å². The second kappa shape index (κ2) is 8.93. The third-order valence-electron chi connectivity index (χ3n) is 5.29. The summed E-state index contributed by atoms with van der Waals surface area (Å²) in [5, 5.41) is 11.5. The zero-order valence-corrected chi connectivity index (χ0v) is 18.4. The number of hydrogen-bond acceptors (Lipinski definition) is 5. The maximum atomic E-state index is 13.1. The molecular weight excluding hydrogens is 430 g/mol. The summed E-state index contributed by atoms with van der Waals surface area (Å²) >= 11 is 6.18. The van der Waals surface area contributed by atoms with Crippen LogP contribution in [-0.2, 0) is 9.59 Å². The quantitative estimate of drug-likeness (QED) is 0.297. The maximum Gasteiger partial charge on any atom is 0.300 e. The summed E-state index contributed by atoms with van der Waals surface area (Å²) in [6, 6.07) is 14.2. The van der Waals surface area contributed by atoms with Gasteiger partial charge in [0, 0.05) is 16.3 Å². The largest absolute Gasteiger partial charge is 0.507 e. The van der Waals surface area contributed by atoms with Crippen LogP contribution in [0.15, 0.2) is 70.9 Å². The van der Waals surface area contributed by atoms with E-state index in [-0.39, 0.29) is 11.3 Å². The molecule has 0 bridgehead atoms. The number of carbonyl (C=O) groups is 2. The van der Waals surface area contributed by atoms with Crippen molar-refractivity contribution in [1.82, 2.24) is 0 Å². The van der Waals surface area contributed by atoms with Gasteiger partial charge in [0.15, 0.2) is 0 Å². The topological polar surface area (TPSA) is 80.0 Å². The van der Waals surface area contributed by atoms with Crippen molar-refractivity contribution >= 4 is 34.7 Å². The number of amides is 1. The van der Waals surface area contributed by atoms with Crippen LogP contribution in [0.1, 0.15) is 36.3 Å². The number of furan rings is 1. The average Bonchev–Trinajstić information content (AvgIpc) is 3.41. The van der Waals surface area contributed by atoms with Crippen molar-refractivity contribution in [3.05, 3.63) is 88.3 Å². The highest BCUT2D eigenvalue weighted by molar-refractivity contribution is 6.51. The normalized spacial score (nSPS) is 17.7. The molecule has 1 saturated heterocycles. The highest BCUT2D eigenvalue weighted by atomic mass is 35.5. The van der Waals surface area contributed by atoms with E-state index in [9.17, 15) is 14.7 Å². The molecule has 0 aliphatic carbocycles. The monoisotopic (exact) mass is 451 g/mol. The van der Waals surface area contributed by atoms with Crippen LogP contribution in [0.25, 0.3) is 5.76 Å². The number of hydrogen-bond donors (Lipinski definition) is 1. The van der Waals surface area contributed by atoms with Crippen LogP contribution in [0.3, 0.4) is 0 Å². The van der Waals surface area contributed by atoms with Gasteiger partial charge in [-0.1, -0.05) is 24.6 Å². The van der Waals surface area contributed by atoms with Crippen molar-refractivity contribution in [2.75, 3.05) is 11.5 Å². The van der Waals surface area contributed by atoms with Gasteiger partial charge >= 0.3 is 0 Å². The molecule has 6 nitrogen and oxygen atoms in total. The van der Waals surface area contributed by atoms with E-state index in [0.29, 0.717) is 34.4 Å². The Morgan fingerprint density at radius 3 is 2.56 bits per heavy atom. The molecule has 2 heterocycles. The van der Waals surface area contributed by atoms with E-state index in [1.54, 1.807) is 54.6 Å². The van der Waals surface area contributed by atoms with Gasteiger partial charge in [0.05, 0.1) is 18.4 Å². The fraction of sp³-hybridized carbons (Fsp3) is 0.200. The van der Waals surface area contributed by atoms with Gasteiger partial charge in [-0.25, -0.2) is 0 Å². The number of halogens is 1. The van der Waals surface area contributed by atoms with E-state index in [1.165, 1.54) is 11.2 Å². The van der Waals surface area contributed by atoms with Crippen molar-refractivity contribution < 1.29 is 23.8 Å². The van der Waals surface area contributed by atoms with Crippen LogP contribution in [0, 0.1) is 6.92 Å². The van der Waals surface area contributed by atoms with Crippen LogP contribution in [-0.4, -0.2) is 23.4 Å². The van der Waals surface area contributed by atoms with Gasteiger partial charge in [0.25, 0.3) is 11.7 Å². The molecule has 1 N–H and O–H groups in total. The SMILES string of the molecule is CCCOc1ccc(/C(O)=C2/C(=O)C(=O)N(c3cc(Cl)ccc3C)C2c2ccco2)cc1. The van der Waals surface area contributed by atoms with Gasteiger partial charge < -0.3 is 14.3 Å². The molecule has 1 aliphatic rings. The summed E-state index contributed by atoms with van der Waals surface area (Å²) in [5.74, 6) is -0.834. The first-order chi connectivity index (χ1) is 15.4. The third kappa shape index (κ3) is 3.89. The number of ketones is 1. The van der Waals surface area contributed by atoms with Gasteiger partial charge in [-0.3, -0.25) is 14.5 Å². The minimum Gasteiger partial charge on any atom is -0.507 e. The van der Waals surface area contributed by atoms with Crippen molar-refractivity contribution in [3.8, 4) is 5.75 Å². The lowest BCUT2D eigenvalue weighted by Crippen LogP contribution is -2.30. The number of ether oxygens (including phenoxy) is 1. The molecule has 32 heavy (non-hydrogen) atoms. The van der Waals surface area contributed by atoms with Gasteiger partial charge in [-0.05, 0) is 67.4 Å². The standard InChI is InChI=1S/C25H22ClNO5/c1-3-12-31-18-10-7-16(8-11-18)23(28)21-22(20-5-4-13-32-20)27(25(30)24(21)29)19-14-17(26)9-6-15(19)2/h4-11,13-14,22,28H,3,12H2,1-2H3/b23-21-. The molecule has 1 atom stereocenters. The molecule has 164 valence electrons. The molecule has 4 rings (SSSR count). The smallest absolute Gasteiger partial charge is 0.300 e. The summed E-state index contributed by atoms with van der Waals surface area (Å²) < 4.78 is 11.1. The van der Waals surface area contributed by atoms with E-state index in [0.717, 1.165) is 12.0 Å². The summed E-state index contributed by atoms with van der Waals surface area (Å²) in [6.45, 7) is 4.41. The molecule has 1 unspecified atom stereocenters. The van der Waals surface area contributed by atoms with Gasteiger partial charge in [0.2, 0.25) is 0 Å². The Morgan fingerprint density at radius 1 is 1.16 bits per heavy atom. The highest BCUT2D eigenvalue weighted by Gasteiger charge is 2.48. The summed E-state index contributed by atoms with van der Waals surface area (Å²) in [7, 11) is 0. The molecule has 0 spiro atoms. The first-order valence-electron chi connectivity index (χ1n) is 10.3. The summed E-state index contributed by atoms with van der Waals surface area (Å²) in [5.41, 5.74) is 1.58. The van der Waals surface area contributed by atoms with Crippen molar-refractivity contribution in [2.45, 2.75) is 26.3 Å². The molecule has 0 saturated carbocycles. The number of rotatable bonds is 6. The predicted octanol–water partition coefficient (Wildman–Crippen LogP) is 5.66. The number of nitrogens with zero attached hydrogens (tertiary/aromatic N) is 1. The van der Waals surface area contributed by atoms with Gasteiger partial charge in [-0.15, -0.1) is 0 Å². The Balaban J connectivity index is 1.84. The Bertz CT molecular complexity index is 1180. The summed E-state index contributed by atoms with van der Waals surface area (Å²) in [4.78, 5) is 27.6. The van der Waals surface area contributed by atoms with E-state index in [4.69, 9.17) is 20.8 Å². The average molecular weight is 452 g/mol. The molecule has 0 radical (unpaired) electrons. The van der Waals surface area contributed by atoms with E-state index in [1.807, 2.05) is 13.8 Å². The van der Waals surface area contributed by atoms with Crippen LogP contribution >= 0.6 is 11.6 Å². The first-order valence-corrected chi connectivity index (χ1v) is 10.6. The fourth-order valence-corrected chi connectivity index (χ4v) is 3.89. The number of aliphatic hydroxyl groups is 1. The van der Waals surface area contributed by atoms with Gasteiger partial charge in [0.1, 0.15) is 23.3 Å². The Morgan fingerprint density at radius 2 is 1.91 bits per heavy atom. The fourth-order valence-electron chi connectivity index (χ4n) is 3.72. The number of carbonyl (C=O) groups excluding carboxylic acids is 2. The first kappa shape index (κ1) is 21.7. The molecule has 1 aliphatic heterocycles. The zero-order chi connectivity index (χ0) is 22.8. The predicted molar refractivity (Wildman–Crippen MR) is 122 cm³/mol. The van der Waals surface area contributed by atoms with E-state index in [2.05, 4.69) is 0 Å². The van der Waals surface area contributed by atoms with Crippen molar-refractivity contribution in [2.24, 2.45) is 0 Å². The second-order valence-corrected chi connectivity index (χ2v) is 7.92. The number of Topliss-reactive ketones (excluding diaryl/α,β-unsaturated/α-hetero) is 1. The lowest BCUT2D eigenvalue weighted by atomic mass is 9.99. The lowest BCUT2D eigenvalue weighted by molar-refractivity contribution is -0.132. The second-order valence-electron chi connectivity index (χ2n) is 7.49. The summed E-state index contributed by atoms with van der Waals surface area (Å²) in [6.07, 6.45) is 2.33. The Kier molecular flexibility index (Phi) is 6.06. The van der Waals surface area contributed by atoms with E-state index < -0.39 is 17.7 Å². The minimum absolute atomic E-state index is 0.0495. The lowest BCUT2D eigenvalue weighted by Gasteiger charge is -2.25. The number of aryl methyl sites for hydroxylation is 1. The van der Waals surface area contributed by atoms with Gasteiger partial charge in [-0.2, -0.15) is 0 Å². The number of aliphatic hydroxyl groups excluding tert-OH is 1. The van der Waals surface area contributed by atoms with Crippen LogP contribution < -0.4 is 9.64 Å². The molecule has 3 aromatic rings.